The maximum atomic E-state index is 12.3. The van der Waals surface area contributed by atoms with E-state index in [9.17, 15) is 9.59 Å². The summed E-state index contributed by atoms with van der Waals surface area (Å²) in [6, 6.07) is 3.54. The second-order valence-electron chi connectivity index (χ2n) is 5.90. The van der Waals surface area contributed by atoms with Crippen molar-refractivity contribution in [3.8, 4) is 0 Å². The van der Waals surface area contributed by atoms with Crippen LogP contribution in [0.2, 0.25) is 0 Å². The zero-order valence-electron chi connectivity index (χ0n) is 13.3. The van der Waals surface area contributed by atoms with Crippen molar-refractivity contribution < 1.29 is 9.59 Å². The highest BCUT2D eigenvalue weighted by atomic mass is 16.2. The number of aromatic nitrogens is 1. The van der Waals surface area contributed by atoms with Crippen LogP contribution in [0.15, 0.2) is 18.3 Å². The Morgan fingerprint density at radius 3 is 2.68 bits per heavy atom. The van der Waals surface area contributed by atoms with Crippen LogP contribution in [0, 0.1) is 0 Å². The van der Waals surface area contributed by atoms with Gasteiger partial charge in [0.15, 0.2) is 0 Å². The summed E-state index contributed by atoms with van der Waals surface area (Å²) in [4.78, 5) is 29.4. The molecule has 1 aromatic heterocycles. The third kappa shape index (κ3) is 4.72. The molecule has 2 rings (SSSR count). The average molecular weight is 304 g/mol. The second-order valence-corrected chi connectivity index (χ2v) is 5.90. The van der Waals surface area contributed by atoms with E-state index in [0.29, 0.717) is 17.8 Å². The smallest absolute Gasteiger partial charge is 0.317 e. The van der Waals surface area contributed by atoms with Crippen LogP contribution in [-0.2, 0) is 6.54 Å². The maximum Gasteiger partial charge on any atom is 0.317 e. The molecule has 0 bridgehead atoms. The SMILES string of the molecule is CN(C)C(=O)NCc1cc(C(=O)NC2CCCCC2)ccn1. The summed E-state index contributed by atoms with van der Waals surface area (Å²) in [5.41, 5.74) is 1.26. The van der Waals surface area contributed by atoms with Crippen LogP contribution in [0.5, 0.6) is 0 Å². The third-order valence-corrected chi connectivity index (χ3v) is 3.85. The van der Waals surface area contributed by atoms with Crippen LogP contribution in [0.1, 0.15) is 48.2 Å². The van der Waals surface area contributed by atoms with Gasteiger partial charge in [0, 0.05) is 31.9 Å². The first kappa shape index (κ1) is 16.3. The Hall–Kier alpha value is -2.11. The predicted molar refractivity (Wildman–Crippen MR) is 84.5 cm³/mol. The van der Waals surface area contributed by atoms with E-state index in [1.54, 1.807) is 32.4 Å². The minimum atomic E-state index is -0.182. The van der Waals surface area contributed by atoms with Gasteiger partial charge in [0.05, 0.1) is 12.2 Å². The van der Waals surface area contributed by atoms with E-state index in [1.807, 2.05) is 0 Å². The predicted octanol–water partition coefficient (Wildman–Crippen LogP) is 1.92. The van der Waals surface area contributed by atoms with E-state index in [0.717, 1.165) is 12.8 Å². The Kier molecular flexibility index (Phi) is 5.75. The molecule has 1 aliphatic carbocycles. The topological polar surface area (TPSA) is 74.3 Å². The Morgan fingerprint density at radius 1 is 1.27 bits per heavy atom. The normalized spacial score (nSPS) is 15.2. The molecule has 6 heteroatoms. The average Bonchev–Trinajstić information content (AvgIpc) is 2.53. The summed E-state index contributed by atoms with van der Waals surface area (Å²) in [5, 5.41) is 5.82. The Morgan fingerprint density at radius 2 is 2.00 bits per heavy atom. The van der Waals surface area contributed by atoms with Gasteiger partial charge in [0.25, 0.3) is 5.91 Å². The molecule has 0 radical (unpaired) electrons. The first-order valence-electron chi connectivity index (χ1n) is 7.77. The first-order valence-corrected chi connectivity index (χ1v) is 7.77. The lowest BCUT2D eigenvalue weighted by molar-refractivity contribution is 0.0927. The van der Waals surface area contributed by atoms with Gasteiger partial charge in [-0.1, -0.05) is 19.3 Å². The summed E-state index contributed by atoms with van der Waals surface area (Å²) in [7, 11) is 3.35. The van der Waals surface area contributed by atoms with Gasteiger partial charge in [-0.15, -0.1) is 0 Å². The van der Waals surface area contributed by atoms with Gasteiger partial charge in [0.1, 0.15) is 0 Å². The van der Waals surface area contributed by atoms with E-state index in [1.165, 1.54) is 24.2 Å². The minimum Gasteiger partial charge on any atom is -0.349 e. The quantitative estimate of drug-likeness (QED) is 0.892. The maximum absolute atomic E-state index is 12.3. The first-order chi connectivity index (χ1) is 10.6. The Balaban J connectivity index is 1.92. The summed E-state index contributed by atoms with van der Waals surface area (Å²) in [6.07, 6.45) is 7.35. The molecule has 1 aliphatic rings. The molecule has 0 saturated heterocycles. The number of pyridine rings is 1. The molecule has 0 unspecified atom stereocenters. The fourth-order valence-electron chi connectivity index (χ4n) is 2.56. The van der Waals surface area contributed by atoms with Gasteiger partial charge in [-0.05, 0) is 25.0 Å². The van der Waals surface area contributed by atoms with Gasteiger partial charge in [-0.25, -0.2) is 4.79 Å². The van der Waals surface area contributed by atoms with Crippen LogP contribution >= 0.6 is 0 Å². The van der Waals surface area contributed by atoms with Crippen LogP contribution in [-0.4, -0.2) is 42.0 Å². The highest BCUT2D eigenvalue weighted by Crippen LogP contribution is 2.17. The number of carbonyl (C=O) groups is 2. The van der Waals surface area contributed by atoms with Gasteiger partial charge in [0.2, 0.25) is 0 Å². The molecule has 2 N–H and O–H groups in total. The number of nitrogens with zero attached hydrogens (tertiary/aromatic N) is 2. The van der Waals surface area contributed by atoms with Crippen LogP contribution < -0.4 is 10.6 Å². The molecule has 3 amide bonds. The van der Waals surface area contributed by atoms with Crippen molar-refractivity contribution in [1.29, 1.82) is 0 Å². The molecule has 6 nitrogen and oxygen atoms in total. The van der Waals surface area contributed by atoms with Crippen molar-refractivity contribution in [1.82, 2.24) is 20.5 Å². The molecule has 0 aliphatic heterocycles. The molecule has 0 spiro atoms. The monoisotopic (exact) mass is 304 g/mol. The highest BCUT2D eigenvalue weighted by Gasteiger charge is 2.17. The molecule has 0 atom stereocenters. The number of amides is 3. The van der Waals surface area contributed by atoms with Gasteiger partial charge < -0.3 is 15.5 Å². The number of carbonyl (C=O) groups excluding carboxylic acids is 2. The van der Waals surface area contributed by atoms with E-state index in [2.05, 4.69) is 15.6 Å². The Labute approximate surface area is 131 Å². The molecular formula is C16H24N4O2. The molecule has 1 saturated carbocycles. The number of rotatable bonds is 4. The zero-order chi connectivity index (χ0) is 15.9. The Bertz CT molecular complexity index is 525. The summed E-state index contributed by atoms with van der Waals surface area (Å²) >= 11 is 0. The highest BCUT2D eigenvalue weighted by molar-refractivity contribution is 5.94. The zero-order valence-corrected chi connectivity index (χ0v) is 13.3. The summed E-state index contributed by atoms with van der Waals surface area (Å²) in [5.74, 6) is -0.0607. The van der Waals surface area contributed by atoms with Crippen LogP contribution in [0.25, 0.3) is 0 Å². The van der Waals surface area contributed by atoms with E-state index in [-0.39, 0.29) is 18.0 Å². The van der Waals surface area contributed by atoms with Crippen LogP contribution in [0.3, 0.4) is 0 Å². The standard InChI is InChI=1S/C16H24N4O2/c1-20(2)16(22)18-11-14-10-12(8-9-17-14)15(21)19-13-6-4-3-5-7-13/h8-10,13H,3-7,11H2,1-2H3,(H,18,22)(H,19,21). The summed E-state index contributed by atoms with van der Waals surface area (Å²) < 4.78 is 0. The molecule has 120 valence electrons. The number of hydrogen-bond donors (Lipinski definition) is 2. The van der Waals surface area contributed by atoms with E-state index < -0.39 is 0 Å². The molecule has 0 aromatic carbocycles. The molecule has 1 fully saturated rings. The van der Waals surface area contributed by atoms with Crippen molar-refractivity contribution in [2.24, 2.45) is 0 Å². The van der Waals surface area contributed by atoms with E-state index >= 15 is 0 Å². The lowest BCUT2D eigenvalue weighted by atomic mass is 9.95. The van der Waals surface area contributed by atoms with Gasteiger partial charge >= 0.3 is 6.03 Å². The molecule has 1 heterocycles. The van der Waals surface area contributed by atoms with Crippen LogP contribution in [0.4, 0.5) is 4.79 Å². The lowest BCUT2D eigenvalue weighted by Gasteiger charge is -2.22. The minimum absolute atomic E-state index is 0.0607. The summed E-state index contributed by atoms with van der Waals surface area (Å²) in [6.45, 7) is 0.307. The van der Waals surface area contributed by atoms with E-state index in [4.69, 9.17) is 0 Å². The van der Waals surface area contributed by atoms with Crippen molar-refractivity contribution in [3.05, 3.63) is 29.6 Å². The van der Waals surface area contributed by atoms with Crippen molar-refractivity contribution >= 4 is 11.9 Å². The number of hydrogen-bond acceptors (Lipinski definition) is 3. The largest absolute Gasteiger partial charge is 0.349 e. The third-order valence-electron chi connectivity index (χ3n) is 3.85. The molecule has 1 aromatic rings. The van der Waals surface area contributed by atoms with Gasteiger partial charge in [-0.2, -0.15) is 0 Å². The number of nitrogens with one attached hydrogen (secondary N) is 2. The fourth-order valence-corrected chi connectivity index (χ4v) is 2.56. The molecule has 22 heavy (non-hydrogen) atoms. The van der Waals surface area contributed by atoms with Crippen molar-refractivity contribution in [2.45, 2.75) is 44.7 Å². The van der Waals surface area contributed by atoms with Crippen molar-refractivity contribution in [2.75, 3.05) is 14.1 Å². The van der Waals surface area contributed by atoms with Gasteiger partial charge in [-0.3, -0.25) is 9.78 Å². The van der Waals surface area contributed by atoms with Crippen molar-refractivity contribution in [3.63, 3.8) is 0 Å². The fraction of sp³-hybridized carbons (Fsp3) is 0.562. The number of urea groups is 1. The lowest BCUT2D eigenvalue weighted by Crippen LogP contribution is -2.36. The second kappa shape index (κ2) is 7.77. The molecular weight excluding hydrogens is 280 g/mol.